The van der Waals surface area contributed by atoms with Gasteiger partial charge in [-0.05, 0) is 44.4 Å². The van der Waals surface area contributed by atoms with Crippen molar-refractivity contribution >= 4 is 18.3 Å². The van der Waals surface area contributed by atoms with Crippen molar-refractivity contribution in [3.05, 3.63) is 29.8 Å². The predicted octanol–water partition coefficient (Wildman–Crippen LogP) is 2.06. The Hall–Kier alpha value is -1.30. The number of hydrogen-bond donors (Lipinski definition) is 2. The second-order valence-corrected chi connectivity index (χ2v) is 6.05. The van der Waals surface area contributed by atoms with E-state index >= 15 is 0 Å². The van der Waals surface area contributed by atoms with Gasteiger partial charge in [-0.1, -0.05) is 12.1 Å². The maximum absolute atomic E-state index is 12.5. The second-order valence-electron chi connectivity index (χ2n) is 6.05. The van der Waals surface area contributed by atoms with Gasteiger partial charge in [0.05, 0.1) is 12.0 Å². The predicted molar refractivity (Wildman–Crippen MR) is 93.1 cm³/mol. The first-order valence-corrected chi connectivity index (χ1v) is 7.85. The molecule has 130 valence electrons. The lowest BCUT2D eigenvalue weighted by Crippen LogP contribution is -2.50. The van der Waals surface area contributed by atoms with Crippen LogP contribution in [0.15, 0.2) is 24.3 Å². The zero-order valence-corrected chi connectivity index (χ0v) is 14.7. The molecule has 0 aromatic heterocycles. The number of nitrogens with two attached hydrogens (primary N) is 1. The standard InChI is InChI=1S/C17H26N2O3.ClH/c1-13-4-3-5-15(10-13)22-14(2)11-19-16(20)17(12-18)6-8-21-9-7-17;/h3-5,10,14H,6-9,11-12,18H2,1-2H3,(H,19,20);1H. The van der Waals surface area contributed by atoms with Gasteiger partial charge < -0.3 is 20.5 Å². The van der Waals surface area contributed by atoms with Crippen LogP contribution in [0.3, 0.4) is 0 Å². The molecule has 6 heteroatoms. The Morgan fingerprint density at radius 2 is 2.13 bits per heavy atom. The lowest BCUT2D eigenvalue weighted by molar-refractivity contribution is -0.136. The number of halogens is 1. The Morgan fingerprint density at radius 3 is 2.74 bits per heavy atom. The van der Waals surface area contributed by atoms with E-state index in [-0.39, 0.29) is 24.4 Å². The lowest BCUT2D eigenvalue weighted by atomic mass is 9.79. The van der Waals surface area contributed by atoms with Crippen molar-refractivity contribution in [2.75, 3.05) is 26.3 Å². The number of aryl methyl sites for hydroxylation is 1. The van der Waals surface area contributed by atoms with Crippen LogP contribution in [0, 0.1) is 12.3 Å². The van der Waals surface area contributed by atoms with E-state index in [9.17, 15) is 4.79 Å². The van der Waals surface area contributed by atoms with E-state index in [1.165, 1.54) is 0 Å². The van der Waals surface area contributed by atoms with Crippen LogP contribution in [-0.2, 0) is 9.53 Å². The lowest BCUT2D eigenvalue weighted by Gasteiger charge is -2.34. The molecule has 3 N–H and O–H groups in total. The van der Waals surface area contributed by atoms with Crippen molar-refractivity contribution in [3.63, 3.8) is 0 Å². The summed E-state index contributed by atoms with van der Waals surface area (Å²) in [4.78, 5) is 12.5. The topological polar surface area (TPSA) is 73.6 Å². The molecule has 1 saturated heterocycles. The Kier molecular flexibility index (Phi) is 7.82. The number of amides is 1. The monoisotopic (exact) mass is 342 g/mol. The van der Waals surface area contributed by atoms with Crippen LogP contribution >= 0.6 is 12.4 Å². The van der Waals surface area contributed by atoms with Gasteiger partial charge in [0.1, 0.15) is 11.9 Å². The molecule has 0 aliphatic carbocycles. The number of nitrogens with one attached hydrogen (secondary N) is 1. The van der Waals surface area contributed by atoms with Crippen molar-refractivity contribution in [3.8, 4) is 5.75 Å². The highest BCUT2D eigenvalue weighted by Crippen LogP contribution is 2.29. The fourth-order valence-electron chi connectivity index (χ4n) is 2.67. The Balaban J connectivity index is 0.00000264. The fraction of sp³-hybridized carbons (Fsp3) is 0.588. The third-order valence-electron chi connectivity index (χ3n) is 4.20. The van der Waals surface area contributed by atoms with Gasteiger partial charge in [-0.2, -0.15) is 0 Å². The molecule has 1 unspecified atom stereocenters. The van der Waals surface area contributed by atoms with Crippen molar-refractivity contribution in [1.82, 2.24) is 5.32 Å². The van der Waals surface area contributed by atoms with Gasteiger partial charge in [0.25, 0.3) is 0 Å². The van der Waals surface area contributed by atoms with E-state index in [4.69, 9.17) is 15.2 Å². The highest BCUT2D eigenvalue weighted by Gasteiger charge is 2.38. The number of benzene rings is 1. The number of hydrogen-bond acceptors (Lipinski definition) is 4. The minimum atomic E-state index is -0.485. The van der Waals surface area contributed by atoms with Crippen molar-refractivity contribution in [2.24, 2.45) is 11.1 Å². The van der Waals surface area contributed by atoms with Gasteiger partial charge in [0, 0.05) is 19.8 Å². The molecule has 0 saturated carbocycles. The third-order valence-corrected chi connectivity index (χ3v) is 4.20. The van der Waals surface area contributed by atoms with Gasteiger partial charge >= 0.3 is 0 Å². The average molecular weight is 343 g/mol. The minimum Gasteiger partial charge on any atom is -0.489 e. The molecule has 1 heterocycles. The number of carbonyl (C=O) groups excluding carboxylic acids is 1. The van der Waals surface area contributed by atoms with E-state index < -0.39 is 5.41 Å². The van der Waals surface area contributed by atoms with Gasteiger partial charge in [-0.25, -0.2) is 0 Å². The first-order chi connectivity index (χ1) is 10.6. The minimum absolute atomic E-state index is 0. The molecule has 2 rings (SSSR count). The Morgan fingerprint density at radius 1 is 1.43 bits per heavy atom. The summed E-state index contributed by atoms with van der Waals surface area (Å²) in [6.45, 7) is 5.99. The van der Waals surface area contributed by atoms with Crippen molar-refractivity contribution < 1.29 is 14.3 Å². The molecule has 1 aromatic rings. The smallest absolute Gasteiger partial charge is 0.227 e. The summed E-state index contributed by atoms with van der Waals surface area (Å²) in [6.07, 6.45) is 1.27. The molecular formula is C17H27ClN2O3. The number of rotatable bonds is 6. The molecule has 0 bridgehead atoms. The molecule has 1 aromatic carbocycles. The Bertz CT molecular complexity index is 504. The normalized spacial score (nSPS) is 17.7. The molecular weight excluding hydrogens is 316 g/mol. The number of carbonyl (C=O) groups is 1. The molecule has 1 aliphatic rings. The van der Waals surface area contributed by atoms with E-state index in [1.807, 2.05) is 38.1 Å². The summed E-state index contributed by atoms with van der Waals surface area (Å²) >= 11 is 0. The van der Waals surface area contributed by atoms with Gasteiger partial charge in [0.2, 0.25) is 5.91 Å². The maximum atomic E-state index is 12.5. The highest BCUT2D eigenvalue weighted by molar-refractivity contribution is 5.85. The molecule has 1 atom stereocenters. The van der Waals surface area contributed by atoms with Crippen molar-refractivity contribution in [2.45, 2.75) is 32.8 Å². The van der Waals surface area contributed by atoms with Crippen LogP contribution in [0.4, 0.5) is 0 Å². The van der Waals surface area contributed by atoms with Crippen LogP contribution in [0.2, 0.25) is 0 Å². The van der Waals surface area contributed by atoms with E-state index in [2.05, 4.69) is 5.32 Å². The second kappa shape index (κ2) is 9.11. The van der Waals surface area contributed by atoms with Gasteiger partial charge in [0.15, 0.2) is 0 Å². The third kappa shape index (κ3) is 5.37. The summed E-state index contributed by atoms with van der Waals surface area (Å²) in [7, 11) is 0. The van der Waals surface area contributed by atoms with Crippen molar-refractivity contribution in [1.29, 1.82) is 0 Å². The maximum Gasteiger partial charge on any atom is 0.227 e. The molecule has 0 spiro atoms. The zero-order valence-electron chi connectivity index (χ0n) is 13.8. The Labute approximate surface area is 144 Å². The fourth-order valence-corrected chi connectivity index (χ4v) is 2.67. The number of ether oxygens (including phenoxy) is 2. The molecule has 1 aliphatic heterocycles. The molecule has 23 heavy (non-hydrogen) atoms. The highest BCUT2D eigenvalue weighted by atomic mass is 35.5. The summed E-state index contributed by atoms with van der Waals surface area (Å²) in [5, 5.41) is 2.98. The summed E-state index contributed by atoms with van der Waals surface area (Å²) in [5.41, 5.74) is 6.50. The van der Waals surface area contributed by atoms with Gasteiger partial charge in [-0.3, -0.25) is 4.79 Å². The van der Waals surface area contributed by atoms with Crippen LogP contribution in [0.1, 0.15) is 25.3 Å². The largest absolute Gasteiger partial charge is 0.489 e. The molecule has 1 fully saturated rings. The van der Waals surface area contributed by atoms with Crippen LogP contribution in [-0.4, -0.2) is 38.3 Å². The quantitative estimate of drug-likeness (QED) is 0.830. The zero-order chi connectivity index (χ0) is 16.0. The summed E-state index contributed by atoms with van der Waals surface area (Å²) in [5.74, 6) is 0.833. The first kappa shape index (κ1) is 19.7. The van der Waals surface area contributed by atoms with Crippen LogP contribution in [0.5, 0.6) is 5.75 Å². The first-order valence-electron chi connectivity index (χ1n) is 7.85. The SMILES string of the molecule is Cc1cccc(OC(C)CNC(=O)C2(CN)CCOCC2)c1.Cl. The van der Waals surface area contributed by atoms with Gasteiger partial charge in [-0.15, -0.1) is 12.4 Å². The van der Waals surface area contributed by atoms with Crippen LogP contribution in [0.25, 0.3) is 0 Å². The summed E-state index contributed by atoms with van der Waals surface area (Å²) in [6, 6.07) is 7.89. The molecule has 1 amide bonds. The van der Waals surface area contributed by atoms with E-state index in [0.717, 1.165) is 11.3 Å². The van der Waals surface area contributed by atoms with Crippen LogP contribution < -0.4 is 15.8 Å². The van der Waals surface area contributed by atoms with E-state index in [0.29, 0.717) is 39.1 Å². The molecule has 0 radical (unpaired) electrons. The van der Waals surface area contributed by atoms with E-state index in [1.54, 1.807) is 0 Å². The molecule has 5 nitrogen and oxygen atoms in total. The summed E-state index contributed by atoms with van der Waals surface area (Å²) < 4.78 is 11.2. The average Bonchev–Trinajstić information content (AvgIpc) is 2.53.